The highest BCUT2D eigenvalue weighted by molar-refractivity contribution is 5.60. The van der Waals surface area contributed by atoms with Crippen LogP contribution in [0.3, 0.4) is 0 Å². The third-order valence-corrected chi connectivity index (χ3v) is 3.05. The molecule has 2 rings (SSSR count). The minimum atomic E-state index is -0.372. The fraction of sp³-hybridized carbons (Fsp3) is 0.357. The molecule has 0 unspecified atom stereocenters. The lowest BCUT2D eigenvalue weighted by Crippen LogP contribution is -2.29. The monoisotopic (exact) mass is 246 g/mol. The molecule has 1 aliphatic heterocycles. The SMILES string of the molecule is COCC1=CCN(c2ccc(F)cc2C#N)CC1. The van der Waals surface area contributed by atoms with Gasteiger partial charge in [-0.15, -0.1) is 0 Å². The molecule has 0 spiro atoms. The first-order chi connectivity index (χ1) is 8.74. The van der Waals surface area contributed by atoms with E-state index in [1.54, 1.807) is 13.2 Å². The number of methoxy groups -OCH3 is 1. The van der Waals surface area contributed by atoms with Gasteiger partial charge in [0.1, 0.15) is 11.9 Å². The van der Waals surface area contributed by atoms with Crippen molar-refractivity contribution in [2.45, 2.75) is 6.42 Å². The average Bonchev–Trinajstić information content (AvgIpc) is 2.40. The normalized spacial score (nSPS) is 15.2. The smallest absolute Gasteiger partial charge is 0.124 e. The molecular weight excluding hydrogens is 231 g/mol. The van der Waals surface area contributed by atoms with E-state index in [4.69, 9.17) is 10.00 Å². The van der Waals surface area contributed by atoms with Crippen molar-refractivity contribution in [2.75, 3.05) is 31.7 Å². The number of hydrogen-bond donors (Lipinski definition) is 0. The zero-order chi connectivity index (χ0) is 13.0. The molecule has 18 heavy (non-hydrogen) atoms. The van der Waals surface area contributed by atoms with Crippen LogP contribution in [-0.2, 0) is 4.74 Å². The van der Waals surface area contributed by atoms with Gasteiger partial charge in [-0.25, -0.2) is 4.39 Å². The summed E-state index contributed by atoms with van der Waals surface area (Å²) in [7, 11) is 1.68. The Morgan fingerprint density at radius 1 is 1.50 bits per heavy atom. The number of rotatable bonds is 3. The van der Waals surface area contributed by atoms with Crippen molar-refractivity contribution >= 4 is 5.69 Å². The van der Waals surface area contributed by atoms with Crippen LogP contribution in [0.15, 0.2) is 29.8 Å². The van der Waals surface area contributed by atoms with Crippen molar-refractivity contribution in [2.24, 2.45) is 0 Å². The lowest BCUT2D eigenvalue weighted by Gasteiger charge is -2.29. The highest BCUT2D eigenvalue weighted by atomic mass is 19.1. The Labute approximate surface area is 106 Å². The molecule has 0 radical (unpaired) electrons. The largest absolute Gasteiger partial charge is 0.380 e. The Bertz CT molecular complexity index is 505. The van der Waals surface area contributed by atoms with Gasteiger partial charge in [0.05, 0.1) is 17.9 Å². The van der Waals surface area contributed by atoms with Crippen LogP contribution in [-0.4, -0.2) is 26.8 Å². The molecule has 1 aromatic rings. The van der Waals surface area contributed by atoms with E-state index in [9.17, 15) is 4.39 Å². The average molecular weight is 246 g/mol. The molecule has 3 nitrogen and oxygen atoms in total. The van der Waals surface area contributed by atoms with E-state index in [2.05, 4.69) is 11.0 Å². The van der Waals surface area contributed by atoms with Gasteiger partial charge >= 0.3 is 0 Å². The van der Waals surface area contributed by atoms with Crippen LogP contribution in [0.1, 0.15) is 12.0 Å². The predicted molar refractivity (Wildman–Crippen MR) is 67.9 cm³/mol. The van der Waals surface area contributed by atoms with E-state index in [-0.39, 0.29) is 5.82 Å². The number of ether oxygens (including phenoxy) is 1. The van der Waals surface area contributed by atoms with Crippen molar-refractivity contribution in [3.8, 4) is 6.07 Å². The van der Waals surface area contributed by atoms with Gasteiger partial charge in [-0.3, -0.25) is 0 Å². The summed E-state index contributed by atoms with van der Waals surface area (Å²) in [5.74, 6) is -0.372. The van der Waals surface area contributed by atoms with E-state index in [1.807, 2.05) is 6.07 Å². The number of benzene rings is 1. The Morgan fingerprint density at radius 3 is 2.94 bits per heavy atom. The van der Waals surface area contributed by atoms with E-state index < -0.39 is 0 Å². The number of halogens is 1. The van der Waals surface area contributed by atoms with Gasteiger partial charge in [-0.1, -0.05) is 6.08 Å². The van der Waals surface area contributed by atoms with Crippen molar-refractivity contribution in [1.29, 1.82) is 5.26 Å². The van der Waals surface area contributed by atoms with Crippen LogP contribution in [0.5, 0.6) is 0 Å². The van der Waals surface area contributed by atoms with Gasteiger partial charge in [0.2, 0.25) is 0 Å². The number of nitrogens with zero attached hydrogens (tertiary/aromatic N) is 2. The van der Waals surface area contributed by atoms with Crippen molar-refractivity contribution in [3.63, 3.8) is 0 Å². The quantitative estimate of drug-likeness (QED) is 0.769. The summed E-state index contributed by atoms with van der Waals surface area (Å²) in [5.41, 5.74) is 2.46. The Hall–Kier alpha value is -1.86. The van der Waals surface area contributed by atoms with Crippen LogP contribution in [0.25, 0.3) is 0 Å². The van der Waals surface area contributed by atoms with Crippen LogP contribution in [0, 0.1) is 17.1 Å². The first-order valence-corrected chi connectivity index (χ1v) is 5.86. The molecule has 1 heterocycles. The van der Waals surface area contributed by atoms with Crippen LogP contribution >= 0.6 is 0 Å². The molecule has 0 amide bonds. The molecule has 0 saturated carbocycles. The molecule has 0 aliphatic carbocycles. The summed E-state index contributed by atoms with van der Waals surface area (Å²) in [6.07, 6.45) is 3.02. The maximum atomic E-state index is 13.1. The molecule has 1 aromatic carbocycles. The molecule has 94 valence electrons. The second-order valence-corrected chi connectivity index (χ2v) is 4.26. The third kappa shape index (κ3) is 2.69. The van der Waals surface area contributed by atoms with Crippen molar-refractivity contribution < 1.29 is 9.13 Å². The maximum absolute atomic E-state index is 13.1. The van der Waals surface area contributed by atoms with Crippen LogP contribution in [0.2, 0.25) is 0 Å². The molecular formula is C14H15FN2O. The minimum Gasteiger partial charge on any atom is -0.380 e. The summed E-state index contributed by atoms with van der Waals surface area (Å²) in [6, 6.07) is 6.39. The number of hydrogen-bond acceptors (Lipinski definition) is 3. The molecule has 0 atom stereocenters. The minimum absolute atomic E-state index is 0.372. The van der Waals surface area contributed by atoms with E-state index >= 15 is 0 Å². The molecule has 0 saturated heterocycles. The topological polar surface area (TPSA) is 36.3 Å². The van der Waals surface area contributed by atoms with Crippen LogP contribution < -0.4 is 4.90 Å². The standard InChI is InChI=1S/C14H15FN2O/c1-18-10-11-4-6-17(7-5-11)14-3-2-13(15)8-12(14)9-16/h2-4,8H,5-7,10H2,1H3. The molecule has 0 N–H and O–H groups in total. The lowest BCUT2D eigenvalue weighted by molar-refractivity contribution is 0.222. The summed E-state index contributed by atoms with van der Waals surface area (Å²) < 4.78 is 18.2. The number of anilines is 1. The second kappa shape index (κ2) is 5.65. The fourth-order valence-electron chi connectivity index (χ4n) is 2.12. The van der Waals surface area contributed by atoms with Crippen LogP contribution in [0.4, 0.5) is 10.1 Å². The summed E-state index contributed by atoms with van der Waals surface area (Å²) >= 11 is 0. The molecule has 4 heteroatoms. The van der Waals surface area contributed by atoms with E-state index in [0.717, 1.165) is 25.2 Å². The highest BCUT2D eigenvalue weighted by Gasteiger charge is 2.15. The van der Waals surface area contributed by atoms with Gasteiger partial charge in [0, 0.05) is 20.2 Å². The second-order valence-electron chi connectivity index (χ2n) is 4.26. The third-order valence-electron chi connectivity index (χ3n) is 3.05. The molecule has 0 bridgehead atoms. The summed E-state index contributed by atoms with van der Waals surface area (Å²) in [4.78, 5) is 2.08. The zero-order valence-electron chi connectivity index (χ0n) is 10.3. The van der Waals surface area contributed by atoms with Gasteiger partial charge in [-0.2, -0.15) is 5.26 Å². The van der Waals surface area contributed by atoms with Crippen molar-refractivity contribution in [1.82, 2.24) is 0 Å². The first kappa shape index (κ1) is 12.6. The van der Waals surface area contributed by atoms with E-state index in [0.29, 0.717) is 12.2 Å². The van der Waals surface area contributed by atoms with E-state index in [1.165, 1.54) is 17.7 Å². The molecule has 1 aliphatic rings. The lowest BCUT2D eigenvalue weighted by atomic mass is 10.1. The zero-order valence-corrected chi connectivity index (χ0v) is 10.3. The summed E-state index contributed by atoms with van der Waals surface area (Å²) in [6.45, 7) is 2.22. The molecule has 0 fully saturated rings. The highest BCUT2D eigenvalue weighted by Crippen LogP contribution is 2.24. The first-order valence-electron chi connectivity index (χ1n) is 5.86. The van der Waals surface area contributed by atoms with Gasteiger partial charge in [-0.05, 0) is 30.2 Å². The van der Waals surface area contributed by atoms with Crippen molar-refractivity contribution in [3.05, 3.63) is 41.2 Å². The Kier molecular flexibility index (Phi) is 3.96. The molecule has 0 aromatic heterocycles. The van der Waals surface area contributed by atoms with Gasteiger partial charge in [0.15, 0.2) is 0 Å². The fourth-order valence-corrected chi connectivity index (χ4v) is 2.12. The Morgan fingerprint density at radius 2 is 2.33 bits per heavy atom. The maximum Gasteiger partial charge on any atom is 0.124 e. The Balaban J connectivity index is 2.17. The van der Waals surface area contributed by atoms with Gasteiger partial charge < -0.3 is 9.64 Å². The summed E-state index contributed by atoms with van der Waals surface area (Å²) in [5, 5.41) is 9.03. The predicted octanol–water partition coefficient (Wildman–Crippen LogP) is 2.48. The number of nitriles is 1. The van der Waals surface area contributed by atoms with Gasteiger partial charge in [0.25, 0.3) is 0 Å².